The average Bonchev–Trinajstić information content (AvgIpc) is 2.65. The second-order valence-electron chi connectivity index (χ2n) is 7.06. The van der Waals surface area contributed by atoms with Gasteiger partial charge in [0.1, 0.15) is 0 Å². The van der Waals surface area contributed by atoms with Crippen LogP contribution in [0.1, 0.15) is 32.4 Å². The van der Waals surface area contributed by atoms with Gasteiger partial charge in [-0.3, -0.25) is 9.89 Å². The normalized spacial score (nSPS) is 17.8. The minimum Gasteiger partial charge on any atom is -0.387 e. The standard InChI is InChI=1S/C19H31ClN4O2/c1-4-21-18(22-13-17(25)15-5-7-16(20)8-6-15)23-14-19(2,3)24-9-11-26-12-10-24/h5-8,17,25H,4,9-14H2,1-3H3,(H2,21,22,23). The molecule has 1 aromatic carbocycles. The second kappa shape index (κ2) is 10.1. The molecule has 6 nitrogen and oxygen atoms in total. The summed E-state index contributed by atoms with van der Waals surface area (Å²) in [6, 6.07) is 7.23. The van der Waals surface area contributed by atoms with E-state index in [1.807, 2.05) is 19.1 Å². The molecule has 0 amide bonds. The summed E-state index contributed by atoms with van der Waals surface area (Å²) in [6.45, 7) is 11.7. The average molecular weight is 383 g/mol. The Morgan fingerprint density at radius 2 is 1.92 bits per heavy atom. The van der Waals surface area contributed by atoms with Crippen LogP contribution in [0.5, 0.6) is 0 Å². The van der Waals surface area contributed by atoms with Crippen LogP contribution in [0, 0.1) is 0 Å². The Kier molecular flexibility index (Phi) is 8.15. The number of ether oxygens (including phenoxy) is 1. The van der Waals surface area contributed by atoms with Gasteiger partial charge in [0, 0.05) is 36.7 Å². The van der Waals surface area contributed by atoms with Gasteiger partial charge < -0.3 is 20.5 Å². The Bertz CT molecular complexity index is 571. The maximum Gasteiger partial charge on any atom is 0.191 e. The SMILES string of the molecule is CCNC(=NCC(C)(C)N1CCOCC1)NCC(O)c1ccc(Cl)cc1. The fourth-order valence-electron chi connectivity index (χ4n) is 2.88. The highest BCUT2D eigenvalue weighted by molar-refractivity contribution is 6.30. The lowest BCUT2D eigenvalue weighted by molar-refractivity contribution is -0.00684. The zero-order valence-corrected chi connectivity index (χ0v) is 16.7. The van der Waals surface area contributed by atoms with Gasteiger partial charge in [-0.2, -0.15) is 0 Å². The van der Waals surface area contributed by atoms with E-state index in [0.29, 0.717) is 24.1 Å². The van der Waals surface area contributed by atoms with E-state index in [4.69, 9.17) is 21.3 Å². The van der Waals surface area contributed by atoms with E-state index >= 15 is 0 Å². The zero-order valence-electron chi connectivity index (χ0n) is 16.0. The molecule has 0 aromatic heterocycles. The number of nitrogens with one attached hydrogen (secondary N) is 2. The van der Waals surface area contributed by atoms with Crippen LogP contribution in [0.15, 0.2) is 29.3 Å². The highest BCUT2D eigenvalue weighted by Gasteiger charge is 2.28. The van der Waals surface area contributed by atoms with Crippen LogP contribution in [0.3, 0.4) is 0 Å². The first-order valence-electron chi connectivity index (χ1n) is 9.21. The maximum absolute atomic E-state index is 10.3. The highest BCUT2D eigenvalue weighted by atomic mass is 35.5. The lowest BCUT2D eigenvalue weighted by atomic mass is 10.0. The Labute approximate surface area is 161 Å². The summed E-state index contributed by atoms with van der Waals surface area (Å²) in [4.78, 5) is 7.13. The van der Waals surface area contributed by atoms with E-state index < -0.39 is 6.10 Å². The number of halogens is 1. The molecular weight excluding hydrogens is 352 g/mol. The van der Waals surface area contributed by atoms with Gasteiger partial charge in [-0.25, -0.2) is 0 Å². The van der Waals surface area contributed by atoms with Crippen LogP contribution in [0.4, 0.5) is 0 Å². The number of hydrogen-bond donors (Lipinski definition) is 3. The van der Waals surface area contributed by atoms with Gasteiger partial charge in [-0.1, -0.05) is 23.7 Å². The Morgan fingerprint density at radius 1 is 1.27 bits per heavy atom. The molecule has 0 aliphatic carbocycles. The third-order valence-corrected chi connectivity index (χ3v) is 4.81. The lowest BCUT2D eigenvalue weighted by Crippen LogP contribution is -2.52. The molecule has 1 fully saturated rings. The van der Waals surface area contributed by atoms with E-state index in [1.165, 1.54) is 0 Å². The fraction of sp³-hybridized carbons (Fsp3) is 0.632. The van der Waals surface area contributed by atoms with Gasteiger partial charge in [-0.15, -0.1) is 0 Å². The van der Waals surface area contributed by atoms with Gasteiger partial charge in [0.15, 0.2) is 5.96 Å². The van der Waals surface area contributed by atoms with Crippen molar-refractivity contribution in [3.05, 3.63) is 34.9 Å². The minimum atomic E-state index is -0.622. The molecule has 7 heteroatoms. The van der Waals surface area contributed by atoms with Crippen molar-refractivity contribution in [1.29, 1.82) is 0 Å². The summed E-state index contributed by atoms with van der Waals surface area (Å²) in [6.07, 6.45) is -0.622. The third kappa shape index (κ3) is 6.43. The molecule has 2 rings (SSSR count). The number of aliphatic hydroxyl groups is 1. The smallest absolute Gasteiger partial charge is 0.191 e. The number of nitrogens with zero attached hydrogens (tertiary/aromatic N) is 2. The number of rotatable bonds is 7. The van der Waals surface area contributed by atoms with Gasteiger partial charge >= 0.3 is 0 Å². The molecule has 1 aromatic rings. The van der Waals surface area contributed by atoms with Crippen molar-refractivity contribution in [3.63, 3.8) is 0 Å². The lowest BCUT2D eigenvalue weighted by Gasteiger charge is -2.39. The van der Waals surface area contributed by atoms with Gasteiger partial charge in [0.25, 0.3) is 0 Å². The van der Waals surface area contributed by atoms with Crippen LogP contribution < -0.4 is 10.6 Å². The number of hydrogen-bond acceptors (Lipinski definition) is 4. The summed E-state index contributed by atoms with van der Waals surface area (Å²) in [5.41, 5.74) is 0.785. The van der Waals surface area contributed by atoms with E-state index in [9.17, 15) is 5.11 Å². The minimum absolute atomic E-state index is 0.0407. The van der Waals surface area contributed by atoms with E-state index in [2.05, 4.69) is 29.4 Å². The molecule has 0 saturated carbocycles. The van der Waals surface area contributed by atoms with E-state index in [1.54, 1.807) is 12.1 Å². The highest BCUT2D eigenvalue weighted by Crippen LogP contribution is 2.17. The van der Waals surface area contributed by atoms with E-state index in [0.717, 1.165) is 38.4 Å². The predicted molar refractivity (Wildman–Crippen MR) is 107 cm³/mol. The number of benzene rings is 1. The molecule has 0 radical (unpaired) electrons. The maximum atomic E-state index is 10.3. The van der Waals surface area contributed by atoms with E-state index in [-0.39, 0.29) is 5.54 Å². The summed E-state index contributed by atoms with van der Waals surface area (Å²) in [7, 11) is 0. The van der Waals surface area contributed by atoms with Crippen LogP contribution in [0.25, 0.3) is 0 Å². The molecule has 1 aliphatic heterocycles. The van der Waals surface area contributed by atoms with Crippen molar-refractivity contribution in [2.24, 2.45) is 4.99 Å². The molecule has 0 spiro atoms. The van der Waals surface area contributed by atoms with Crippen molar-refractivity contribution in [2.45, 2.75) is 32.4 Å². The molecule has 0 bridgehead atoms. The van der Waals surface area contributed by atoms with Crippen molar-refractivity contribution in [1.82, 2.24) is 15.5 Å². The molecule has 1 atom stereocenters. The largest absolute Gasteiger partial charge is 0.387 e. The number of aliphatic imine (C=N–C) groups is 1. The molecule has 1 unspecified atom stereocenters. The monoisotopic (exact) mass is 382 g/mol. The first-order valence-corrected chi connectivity index (χ1v) is 9.58. The van der Waals surface area contributed by atoms with Crippen molar-refractivity contribution < 1.29 is 9.84 Å². The van der Waals surface area contributed by atoms with Crippen molar-refractivity contribution in [3.8, 4) is 0 Å². The van der Waals surface area contributed by atoms with Gasteiger partial charge in [0.05, 0.1) is 25.9 Å². The van der Waals surface area contributed by atoms with Crippen LogP contribution in [0.2, 0.25) is 5.02 Å². The van der Waals surface area contributed by atoms with Crippen LogP contribution >= 0.6 is 11.6 Å². The summed E-state index contributed by atoms with van der Waals surface area (Å²) >= 11 is 5.89. The quantitative estimate of drug-likeness (QED) is 0.497. The Balaban J connectivity index is 1.91. The summed E-state index contributed by atoms with van der Waals surface area (Å²) in [5.74, 6) is 0.710. The van der Waals surface area contributed by atoms with Crippen LogP contribution in [-0.2, 0) is 4.74 Å². The molecule has 1 heterocycles. The van der Waals surface area contributed by atoms with Crippen molar-refractivity contribution in [2.75, 3.05) is 45.9 Å². The molecule has 3 N–H and O–H groups in total. The molecule has 1 aliphatic rings. The molecule has 26 heavy (non-hydrogen) atoms. The first-order chi connectivity index (χ1) is 12.4. The first kappa shape index (κ1) is 21.0. The molecule has 1 saturated heterocycles. The number of morpholine rings is 1. The van der Waals surface area contributed by atoms with Gasteiger partial charge in [-0.05, 0) is 38.5 Å². The summed E-state index contributed by atoms with van der Waals surface area (Å²) < 4.78 is 5.44. The number of aliphatic hydroxyl groups excluding tert-OH is 1. The topological polar surface area (TPSA) is 69.1 Å². The number of guanidine groups is 1. The zero-order chi connectivity index (χ0) is 19.0. The molecular formula is C19H31ClN4O2. The third-order valence-electron chi connectivity index (χ3n) is 4.55. The second-order valence-corrected chi connectivity index (χ2v) is 7.49. The predicted octanol–water partition coefficient (Wildman–Crippen LogP) is 2.04. The fourth-order valence-corrected chi connectivity index (χ4v) is 3.01. The Morgan fingerprint density at radius 3 is 2.54 bits per heavy atom. The Hall–Kier alpha value is -1.34. The van der Waals surface area contributed by atoms with Gasteiger partial charge in [0.2, 0.25) is 0 Å². The van der Waals surface area contributed by atoms with Crippen LogP contribution in [-0.4, -0.2) is 67.4 Å². The summed E-state index contributed by atoms with van der Waals surface area (Å²) in [5, 5.41) is 17.5. The molecule has 146 valence electrons. The van der Waals surface area contributed by atoms with Crippen molar-refractivity contribution >= 4 is 17.6 Å².